The molecule has 4 rings (SSSR count). The van der Waals surface area contributed by atoms with Crippen molar-refractivity contribution in [2.75, 3.05) is 24.6 Å². The van der Waals surface area contributed by atoms with Crippen LogP contribution in [0.15, 0.2) is 119 Å². The van der Waals surface area contributed by atoms with Gasteiger partial charge in [0, 0.05) is 28.6 Å². The first-order valence-corrected chi connectivity index (χ1v) is 14.6. The van der Waals surface area contributed by atoms with Gasteiger partial charge < -0.3 is 10.1 Å². The van der Waals surface area contributed by atoms with Crippen LogP contribution in [0.25, 0.3) is 0 Å². The summed E-state index contributed by atoms with van der Waals surface area (Å²) in [6.07, 6.45) is 2.81. The lowest BCUT2D eigenvalue weighted by Gasteiger charge is -2.24. The van der Waals surface area contributed by atoms with Crippen molar-refractivity contribution in [3.05, 3.63) is 126 Å². The van der Waals surface area contributed by atoms with Crippen molar-refractivity contribution in [3.8, 4) is 0 Å². The third kappa shape index (κ3) is 9.31. The summed E-state index contributed by atoms with van der Waals surface area (Å²) in [6, 6.07) is 36.5. The second-order valence-corrected chi connectivity index (χ2v) is 10.6. The third-order valence-electron chi connectivity index (χ3n) is 6.41. The van der Waals surface area contributed by atoms with E-state index in [1.165, 1.54) is 11.1 Å². The van der Waals surface area contributed by atoms with Crippen LogP contribution in [0.2, 0.25) is 0 Å². The zero-order valence-corrected chi connectivity index (χ0v) is 23.7. The Balaban J connectivity index is 1.42. The van der Waals surface area contributed by atoms with Crippen LogP contribution in [-0.4, -0.2) is 31.7 Å². The highest BCUT2D eigenvalue weighted by Gasteiger charge is 2.16. The lowest BCUT2D eigenvalue weighted by molar-refractivity contribution is -0.142. The molecular weight excluding hydrogens is 516 g/mol. The van der Waals surface area contributed by atoms with Gasteiger partial charge in [-0.2, -0.15) is 0 Å². The molecule has 4 aromatic rings. The first kappa shape index (κ1) is 29.0. The van der Waals surface area contributed by atoms with Gasteiger partial charge in [0.05, 0.1) is 13.0 Å². The van der Waals surface area contributed by atoms with Crippen LogP contribution in [0.3, 0.4) is 0 Å². The van der Waals surface area contributed by atoms with Crippen LogP contribution in [0.1, 0.15) is 30.0 Å². The Hall–Kier alpha value is -4.03. The van der Waals surface area contributed by atoms with Crippen LogP contribution < -0.4 is 10.2 Å². The molecule has 0 bridgehead atoms. The predicted octanol–water partition coefficient (Wildman–Crippen LogP) is 7.33. The minimum atomic E-state index is -0.218. The monoisotopic (exact) mass is 552 g/mol. The number of nitrogens with one attached hydrogen (secondary N) is 1. The van der Waals surface area contributed by atoms with Crippen LogP contribution in [-0.2, 0) is 28.8 Å². The number of carbonyl (C=O) groups excluding carboxylic acids is 2. The Bertz CT molecular complexity index is 1340. The minimum Gasteiger partial charge on any atom is -0.466 e. The van der Waals surface area contributed by atoms with Crippen molar-refractivity contribution in [1.29, 1.82) is 0 Å². The molecule has 0 aliphatic heterocycles. The lowest BCUT2D eigenvalue weighted by atomic mass is 10.1. The fourth-order valence-electron chi connectivity index (χ4n) is 4.39. The summed E-state index contributed by atoms with van der Waals surface area (Å²) in [4.78, 5) is 29.1. The van der Waals surface area contributed by atoms with Crippen molar-refractivity contribution in [2.24, 2.45) is 0 Å². The number of urea groups is 1. The van der Waals surface area contributed by atoms with Crippen molar-refractivity contribution >= 4 is 29.4 Å². The fourth-order valence-corrected chi connectivity index (χ4v) is 5.26. The van der Waals surface area contributed by atoms with E-state index in [2.05, 4.69) is 41.7 Å². The predicted molar refractivity (Wildman–Crippen MR) is 163 cm³/mol. The number of anilines is 1. The van der Waals surface area contributed by atoms with E-state index in [4.69, 9.17) is 4.74 Å². The van der Waals surface area contributed by atoms with Gasteiger partial charge in [0.2, 0.25) is 0 Å². The largest absolute Gasteiger partial charge is 0.466 e. The molecule has 0 aliphatic rings. The zero-order chi connectivity index (χ0) is 28.0. The molecule has 40 heavy (non-hydrogen) atoms. The molecule has 0 saturated carbocycles. The summed E-state index contributed by atoms with van der Waals surface area (Å²) < 4.78 is 5.05. The van der Waals surface area contributed by atoms with Crippen molar-refractivity contribution < 1.29 is 14.3 Å². The van der Waals surface area contributed by atoms with E-state index < -0.39 is 0 Å². The van der Waals surface area contributed by atoms with Gasteiger partial charge in [0.1, 0.15) is 0 Å². The fraction of sp³-hybridized carbons (Fsp3) is 0.235. The average Bonchev–Trinajstić information content (AvgIpc) is 2.98. The van der Waals surface area contributed by atoms with E-state index in [0.717, 1.165) is 40.3 Å². The topological polar surface area (TPSA) is 58.6 Å². The number of nitrogens with zero attached hydrogens (tertiary/aromatic N) is 1. The van der Waals surface area contributed by atoms with E-state index in [9.17, 15) is 9.59 Å². The maximum absolute atomic E-state index is 13.4. The second kappa shape index (κ2) is 15.5. The summed E-state index contributed by atoms with van der Waals surface area (Å²) >= 11 is 1.63. The number of rotatable bonds is 13. The van der Waals surface area contributed by atoms with Gasteiger partial charge in [-0.3, -0.25) is 9.69 Å². The first-order valence-electron chi connectivity index (χ1n) is 13.8. The van der Waals surface area contributed by atoms with Gasteiger partial charge in [0.25, 0.3) is 0 Å². The van der Waals surface area contributed by atoms with Crippen LogP contribution in [0.5, 0.6) is 0 Å². The molecule has 0 spiro atoms. The van der Waals surface area contributed by atoms with Gasteiger partial charge in [-0.05, 0) is 73.2 Å². The number of ether oxygens (including phenoxy) is 1. The van der Waals surface area contributed by atoms with Gasteiger partial charge in [0.15, 0.2) is 0 Å². The van der Waals surface area contributed by atoms with Crippen molar-refractivity contribution in [1.82, 2.24) is 5.32 Å². The van der Waals surface area contributed by atoms with E-state index in [-0.39, 0.29) is 18.4 Å². The molecule has 0 fully saturated rings. The van der Waals surface area contributed by atoms with Crippen molar-refractivity contribution in [2.45, 2.75) is 42.4 Å². The smallest absolute Gasteiger partial charge is 0.321 e. The molecule has 4 aromatic carbocycles. The number of aryl methyl sites for hydroxylation is 1. The summed E-state index contributed by atoms with van der Waals surface area (Å²) in [7, 11) is 0. The second-order valence-electron chi connectivity index (χ2n) is 9.43. The van der Waals surface area contributed by atoms with E-state index in [0.29, 0.717) is 19.7 Å². The molecule has 0 aromatic heterocycles. The molecule has 0 heterocycles. The summed E-state index contributed by atoms with van der Waals surface area (Å²) in [5.41, 5.74) is 4.26. The van der Waals surface area contributed by atoms with Gasteiger partial charge in [-0.1, -0.05) is 90.6 Å². The minimum absolute atomic E-state index is 0.0885. The summed E-state index contributed by atoms with van der Waals surface area (Å²) in [5.74, 6) is -0.218. The van der Waals surface area contributed by atoms with Crippen LogP contribution in [0.4, 0.5) is 10.5 Å². The van der Waals surface area contributed by atoms with Crippen LogP contribution >= 0.6 is 11.8 Å². The number of esters is 1. The molecule has 5 nitrogen and oxygen atoms in total. The molecule has 2 amide bonds. The summed E-state index contributed by atoms with van der Waals surface area (Å²) in [5, 5.41) is 3.12. The molecule has 1 N–H and O–H groups in total. The molecular formula is C34H36N2O3S. The SMILES string of the molecule is CCOC(=O)Cc1ccc(Sc2cccc(N(CCCc3ccccc3)C(=O)NCCc3ccccc3)c2)cc1. The Morgan fingerprint density at radius 2 is 1.43 bits per heavy atom. The maximum Gasteiger partial charge on any atom is 0.321 e. The van der Waals surface area contributed by atoms with E-state index >= 15 is 0 Å². The maximum atomic E-state index is 13.4. The Morgan fingerprint density at radius 1 is 0.750 bits per heavy atom. The lowest BCUT2D eigenvalue weighted by Crippen LogP contribution is -2.41. The number of hydrogen-bond acceptors (Lipinski definition) is 4. The molecule has 0 atom stereocenters. The Labute approximate surface area is 241 Å². The normalized spacial score (nSPS) is 10.6. The highest BCUT2D eigenvalue weighted by atomic mass is 32.2. The third-order valence-corrected chi connectivity index (χ3v) is 7.41. The number of amides is 2. The van der Waals surface area contributed by atoms with Gasteiger partial charge in [-0.15, -0.1) is 0 Å². The summed E-state index contributed by atoms with van der Waals surface area (Å²) in [6.45, 7) is 3.38. The average molecular weight is 553 g/mol. The van der Waals surface area contributed by atoms with Crippen molar-refractivity contribution in [3.63, 3.8) is 0 Å². The zero-order valence-electron chi connectivity index (χ0n) is 22.9. The molecule has 0 aliphatic carbocycles. The highest BCUT2D eigenvalue weighted by Crippen LogP contribution is 2.31. The molecule has 0 radical (unpaired) electrons. The van der Waals surface area contributed by atoms with E-state index in [1.54, 1.807) is 11.8 Å². The Kier molecular flexibility index (Phi) is 11.2. The van der Waals surface area contributed by atoms with Gasteiger partial charge >= 0.3 is 12.0 Å². The number of carbonyl (C=O) groups is 2. The highest BCUT2D eigenvalue weighted by molar-refractivity contribution is 7.99. The van der Waals surface area contributed by atoms with Crippen LogP contribution in [0, 0.1) is 0 Å². The first-order chi connectivity index (χ1) is 19.6. The number of hydrogen-bond donors (Lipinski definition) is 1. The number of benzene rings is 4. The molecule has 0 unspecified atom stereocenters. The van der Waals surface area contributed by atoms with E-state index in [1.807, 2.05) is 84.6 Å². The standard InChI is InChI=1S/C34H36N2O3S/c1-2-39-33(37)25-29-18-20-31(21-19-29)40-32-17-9-16-30(26-32)36(24-10-15-27-11-5-3-6-12-27)34(38)35-23-22-28-13-7-4-8-14-28/h3-9,11-14,16-21,26H,2,10,15,22-25H2,1H3,(H,35,38). The quantitative estimate of drug-likeness (QED) is 0.176. The Morgan fingerprint density at radius 3 is 2.10 bits per heavy atom. The molecule has 6 heteroatoms. The van der Waals surface area contributed by atoms with Gasteiger partial charge in [-0.25, -0.2) is 4.79 Å². The molecule has 0 saturated heterocycles. The molecule has 206 valence electrons.